The Hall–Kier alpha value is -0.950. The van der Waals surface area contributed by atoms with Crippen molar-refractivity contribution in [2.75, 3.05) is 4.42 Å². The van der Waals surface area contributed by atoms with E-state index in [1.165, 1.54) is 5.56 Å². The van der Waals surface area contributed by atoms with Crippen LogP contribution in [0.2, 0.25) is 0 Å². The van der Waals surface area contributed by atoms with E-state index >= 15 is 0 Å². The van der Waals surface area contributed by atoms with Gasteiger partial charge in [0.05, 0.1) is 5.69 Å². The fraction of sp³-hybridized carbons (Fsp3) is 0.111. The predicted octanol–water partition coefficient (Wildman–Crippen LogP) is 2.72. The molecule has 0 atom stereocenters. The number of anilines is 1. The van der Waals surface area contributed by atoms with Gasteiger partial charge in [-0.25, -0.2) is 0 Å². The van der Waals surface area contributed by atoms with Crippen molar-refractivity contribution in [3.8, 4) is 0 Å². The normalized spacial score (nSPS) is 14.8. The van der Waals surface area contributed by atoms with Gasteiger partial charge in [-0.1, -0.05) is 24.3 Å². The largest absolute Gasteiger partial charge is 0.261 e. The molecule has 0 amide bonds. The third kappa shape index (κ3) is 1.12. The van der Waals surface area contributed by atoms with E-state index in [-0.39, 0.29) is 0 Å². The van der Waals surface area contributed by atoms with Crippen LogP contribution >= 0.6 is 11.8 Å². The summed E-state index contributed by atoms with van der Waals surface area (Å²) < 4.78 is 1.62. The molecule has 1 aliphatic heterocycles. The summed E-state index contributed by atoms with van der Waals surface area (Å²) in [6.07, 6.45) is 4.92. The van der Waals surface area contributed by atoms with E-state index in [1.54, 1.807) is 4.42 Å². The summed E-state index contributed by atoms with van der Waals surface area (Å²) in [4.78, 5) is 0. The monoisotopic (exact) mass is 165 g/mol. The molecule has 0 unspecified atom stereocenters. The van der Waals surface area contributed by atoms with Gasteiger partial charge in [0.1, 0.15) is 0 Å². The van der Waals surface area contributed by atoms with E-state index in [0.717, 1.165) is 12.1 Å². The van der Waals surface area contributed by atoms with E-state index in [0.29, 0.717) is 0 Å². The van der Waals surface area contributed by atoms with Crippen molar-refractivity contribution in [2.45, 2.75) is 6.42 Å². The highest BCUT2D eigenvalue weighted by molar-refractivity contribution is 6.27. The van der Waals surface area contributed by atoms with Gasteiger partial charge in [-0.05, 0) is 18.1 Å². The fourth-order valence-electron chi connectivity index (χ4n) is 1.24. The minimum atomic E-state index is 0.986. The second kappa shape index (κ2) is 2.59. The third-order valence-electron chi connectivity index (χ3n) is 1.80. The second-order valence-corrected chi connectivity index (χ2v) is 2.89. The lowest BCUT2D eigenvalue weighted by molar-refractivity contribution is 1.18. The Kier molecular flexibility index (Phi) is 1.59. The van der Waals surface area contributed by atoms with Crippen molar-refractivity contribution in [1.82, 2.24) is 0 Å². The number of halogens is 1. The molecule has 0 aromatic heterocycles. The van der Waals surface area contributed by atoms with E-state index in [9.17, 15) is 0 Å². The van der Waals surface area contributed by atoms with Crippen LogP contribution in [0.15, 0.2) is 36.5 Å². The quantitative estimate of drug-likeness (QED) is 0.535. The van der Waals surface area contributed by atoms with Crippen LogP contribution in [0.25, 0.3) is 0 Å². The number of benzene rings is 1. The molecule has 0 spiro atoms. The number of para-hydroxylation sites is 1. The standard InChI is InChI=1S/C9H8ClN/c10-11-7-3-5-8-4-1-2-6-9(8)11/h1-4,6-7H,5H2. The summed E-state index contributed by atoms with van der Waals surface area (Å²) in [6, 6.07) is 8.14. The maximum atomic E-state index is 5.89. The van der Waals surface area contributed by atoms with Crippen LogP contribution in [0.5, 0.6) is 0 Å². The molecule has 0 N–H and O–H groups in total. The number of rotatable bonds is 0. The number of hydrogen-bond donors (Lipinski definition) is 0. The molecule has 2 rings (SSSR count). The highest BCUT2D eigenvalue weighted by atomic mass is 35.5. The van der Waals surface area contributed by atoms with Crippen LogP contribution in [0.1, 0.15) is 5.56 Å². The van der Waals surface area contributed by atoms with Crippen molar-refractivity contribution < 1.29 is 0 Å². The van der Waals surface area contributed by atoms with E-state index in [1.807, 2.05) is 24.4 Å². The van der Waals surface area contributed by atoms with E-state index < -0.39 is 0 Å². The lowest BCUT2D eigenvalue weighted by Gasteiger charge is -2.18. The Morgan fingerprint density at radius 3 is 2.91 bits per heavy atom. The average molecular weight is 166 g/mol. The first-order chi connectivity index (χ1) is 5.38. The lowest BCUT2D eigenvalue weighted by Crippen LogP contribution is -2.07. The predicted molar refractivity (Wildman–Crippen MR) is 47.6 cm³/mol. The topological polar surface area (TPSA) is 3.24 Å². The van der Waals surface area contributed by atoms with Gasteiger partial charge in [-0.15, -0.1) is 0 Å². The minimum absolute atomic E-state index is 0.986. The van der Waals surface area contributed by atoms with Crippen LogP contribution in [0, 0.1) is 0 Å². The van der Waals surface area contributed by atoms with E-state index in [2.05, 4.69) is 12.1 Å². The van der Waals surface area contributed by atoms with Crippen LogP contribution < -0.4 is 4.42 Å². The molecule has 1 aromatic carbocycles. The van der Waals surface area contributed by atoms with Gasteiger partial charge in [0.15, 0.2) is 0 Å². The fourth-order valence-corrected chi connectivity index (χ4v) is 1.49. The van der Waals surface area contributed by atoms with Gasteiger partial charge in [-0.2, -0.15) is 0 Å². The summed E-state index contributed by atoms with van der Waals surface area (Å²) in [6.45, 7) is 0. The average Bonchev–Trinajstić information content (AvgIpc) is 2.06. The Bertz CT molecular complexity index is 293. The Balaban J connectivity index is 2.50. The van der Waals surface area contributed by atoms with Gasteiger partial charge >= 0.3 is 0 Å². The molecule has 0 radical (unpaired) electrons. The maximum Gasteiger partial charge on any atom is 0.0609 e. The van der Waals surface area contributed by atoms with Crippen LogP contribution in [-0.2, 0) is 6.42 Å². The van der Waals surface area contributed by atoms with Crippen LogP contribution in [0.4, 0.5) is 5.69 Å². The molecule has 1 heterocycles. The molecule has 1 aliphatic rings. The van der Waals surface area contributed by atoms with Crippen LogP contribution in [-0.4, -0.2) is 0 Å². The van der Waals surface area contributed by atoms with Crippen LogP contribution in [0.3, 0.4) is 0 Å². The molecule has 11 heavy (non-hydrogen) atoms. The molecule has 56 valence electrons. The number of hydrogen-bond acceptors (Lipinski definition) is 1. The molecule has 0 saturated carbocycles. The summed E-state index contributed by atoms with van der Waals surface area (Å²) >= 11 is 5.89. The summed E-state index contributed by atoms with van der Waals surface area (Å²) in [5, 5.41) is 0. The first-order valence-electron chi connectivity index (χ1n) is 3.57. The molecule has 0 fully saturated rings. The molecule has 0 aliphatic carbocycles. The molecular formula is C9H8ClN. The lowest BCUT2D eigenvalue weighted by atomic mass is 10.1. The molecule has 0 saturated heterocycles. The third-order valence-corrected chi connectivity index (χ3v) is 2.09. The van der Waals surface area contributed by atoms with Crippen molar-refractivity contribution in [1.29, 1.82) is 0 Å². The van der Waals surface area contributed by atoms with Gasteiger partial charge in [0.2, 0.25) is 0 Å². The number of fused-ring (bicyclic) bond motifs is 1. The van der Waals surface area contributed by atoms with Gasteiger partial charge in [0, 0.05) is 18.0 Å². The summed E-state index contributed by atoms with van der Waals surface area (Å²) in [5.74, 6) is 0. The van der Waals surface area contributed by atoms with Gasteiger partial charge in [0.25, 0.3) is 0 Å². The first kappa shape index (κ1) is 6.74. The first-order valence-corrected chi connectivity index (χ1v) is 3.91. The van der Waals surface area contributed by atoms with E-state index in [4.69, 9.17) is 11.8 Å². The minimum Gasteiger partial charge on any atom is -0.261 e. The summed E-state index contributed by atoms with van der Waals surface area (Å²) in [5.41, 5.74) is 2.38. The molecule has 0 bridgehead atoms. The smallest absolute Gasteiger partial charge is 0.0609 e. The SMILES string of the molecule is ClN1C=CCc2ccccc21. The number of nitrogens with zero attached hydrogens (tertiary/aromatic N) is 1. The second-order valence-electron chi connectivity index (χ2n) is 2.53. The van der Waals surface area contributed by atoms with Gasteiger partial charge in [-0.3, -0.25) is 4.42 Å². The van der Waals surface area contributed by atoms with Gasteiger partial charge < -0.3 is 0 Å². The molecule has 1 nitrogen and oxygen atoms in total. The van der Waals surface area contributed by atoms with Crippen molar-refractivity contribution in [2.24, 2.45) is 0 Å². The summed E-state index contributed by atoms with van der Waals surface area (Å²) in [7, 11) is 0. The zero-order valence-electron chi connectivity index (χ0n) is 6.00. The Morgan fingerprint density at radius 1 is 1.27 bits per heavy atom. The van der Waals surface area contributed by atoms with Crippen molar-refractivity contribution >= 4 is 17.5 Å². The number of allylic oxidation sites excluding steroid dienone is 1. The van der Waals surface area contributed by atoms with Crippen molar-refractivity contribution in [3.63, 3.8) is 0 Å². The highest BCUT2D eigenvalue weighted by Gasteiger charge is 2.08. The van der Waals surface area contributed by atoms with Crippen molar-refractivity contribution in [3.05, 3.63) is 42.1 Å². The highest BCUT2D eigenvalue weighted by Crippen LogP contribution is 2.26. The Morgan fingerprint density at radius 2 is 2.09 bits per heavy atom. The zero-order valence-corrected chi connectivity index (χ0v) is 6.75. The Labute approximate surface area is 71.0 Å². The molecule has 2 heteroatoms. The molecular weight excluding hydrogens is 158 g/mol. The maximum absolute atomic E-state index is 5.89. The molecule has 1 aromatic rings. The zero-order chi connectivity index (χ0) is 7.68.